The summed E-state index contributed by atoms with van der Waals surface area (Å²) in [6, 6.07) is 0.238. The Hall–Kier alpha value is -0.160. The van der Waals surface area contributed by atoms with Crippen LogP contribution in [0.1, 0.15) is 39.5 Å². The second kappa shape index (κ2) is 2.92. The molecule has 0 bridgehead atoms. The molecule has 2 atom stereocenters. The predicted octanol–water partition coefficient (Wildman–Crippen LogP) is 1.43. The molecule has 0 spiro atoms. The van der Waals surface area contributed by atoms with Crippen molar-refractivity contribution < 1.29 is 10.4 Å². The largest absolute Gasteiger partial charge is 0.312 e. The van der Waals surface area contributed by atoms with Crippen molar-refractivity contribution in [3.8, 4) is 0 Å². The van der Waals surface area contributed by atoms with Crippen LogP contribution in [0.4, 0.5) is 0 Å². The van der Waals surface area contributed by atoms with Gasteiger partial charge in [0.2, 0.25) is 0 Å². The molecular formula is C9H18N2O2. The third kappa shape index (κ3) is 1.21. The molecule has 0 radical (unpaired) electrons. The van der Waals surface area contributed by atoms with Crippen molar-refractivity contribution in [2.24, 2.45) is 0 Å². The first-order valence-corrected chi connectivity index (χ1v) is 5.01. The average Bonchev–Trinajstić information content (AvgIpc) is 2.30. The van der Waals surface area contributed by atoms with Gasteiger partial charge in [-0.05, 0) is 26.7 Å². The van der Waals surface area contributed by atoms with Crippen LogP contribution in [0.5, 0.6) is 0 Å². The summed E-state index contributed by atoms with van der Waals surface area (Å²) < 4.78 is 0. The van der Waals surface area contributed by atoms with Gasteiger partial charge < -0.3 is 10.4 Å². The highest BCUT2D eigenvalue weighted by Crippen LogP contribution is 2.39. The molecule has 0 aromatic rings. The Morgan fingerprint density at radius 3 is 1.77 bits per heavy atom. The molecule has 13 heavy (non-hydrogen) atoms. The van der Waals surface area contributed by atoms with E-state index in [1.807, 2.05) is 13.8 Å². The van der Waals surface area contributed by atoms with Gasteiger partial charge in [0, 0.05) is 0 Å². The van der Waals surface area contributed by atoms with Gasteiger partial charge in [-0.25, -0.2) is 0 Å². The van der Waals surface area contributed by atoms with E-state index in [1.54, 1.807) is 0 Å². The molecule has 0 amide bonds. The molecule has 2 N–H and O–H groups in total. The van der Waals surface area contributed by atoms with Crippen molar-refractivity contribution in [3.63, 3.8) is 0 Å². The highest BCUT2D eigenvalue weighted by atomic mass is 16.6. The molecule has 1 aliphatic carbocycles. The van der Waals surface area contributed by atoms with Gasteiger partial charge in [-0.1, -0.05) is 12.8 Å². The lowest BCUT2D eigenvalue weighted by Gasteiger charge is -2.31. The quantitative estimate of drug-likeness (QED) is 0.601. The Balaban J connectivity index is 2.23. The van der Waals surface area contributed by atoms with Crippen molar-refractivity contribution >= 4 is 0 Å². The van der Waals surface area contributed by atoms with E-state index in [1.165, 1.54) is 10.1 Å². The zero-order valence-corrected chi connectivity index (χ0v) is 8.27. The first kappa shape index (κ1) is 9.40. The minimum absolute atomic E-state index is 0.119. The number of fused-ring (bicyclic) bond motifs is 1. The fourth-order valence-electron chi connectivity index (χ4n) is 2.58. The van der Waals surface area contributed by atoms with Crippen molar-refractivity contribution in [1.82, 2.24) is 10.1 Å². The topological polar surface area (TPSA) is 46.9 Å². The zero-order valence-electron chi connectivity index (χ0n) is 8.27. The predicted molar refractivity (Wildman–Crippen MR) is 47.4 cm³/mol. The van der Waals surface area contributed by atoms with E-state index in [4.69, 9.17) is 0 Å². The zero-order chi connectivity index (χ0) is 9.64. The monoisotopic (exact) mass is 186 g/mol. The molecule has 2 rings (SSSR count). The van der Waals surface area contributed by atoms with Gasteiger partial charge in [0.1, 0.15) is 5.66 Å². The second-order valence-corrected chi connectivity index (χ2v) is 4.60. The molecule has 76 valence electrons. The fourth-order valence-corrected chi connectivity index (χ4v) is 2.58. The van der Waals surface area contributed by atoms with Gasteiger partial charge in [0.25, 0.3) is 0 Å². The van der Waals surface area contributed by atoms with E-state index >= 15 is 0 Å². The van der Waals surface area contributed by atoms with Gasteiger partial charge in [0.15, 0.2) is 0 Å². The average molecular weight is 186 g/mol. The number of hydroxylamine groups is 4. The van der Waals surface area contributed by atoms with E-state index in [0.717, 1.165) is 25.7 Å². The lowest BCUT2D eigenvalue weighted by atomic mass is 9.91. The van der Waals surface area contributed by atoms with Crippen LogP contribution in [-0.4, -0.2) is 38.3 Å². The maximum atomic E-state index is 9.85. The fraction of sp³-hybridized carbons (Fsp3) is 1.00. The summed E-state index contributed by atoms with van der Waals surface area (Å²) in [5.41, 5.74) is -0.625. The summed E-state index contributed by atoms with van der Waals surface area (Å²) in [6.45, 7) is 3.68. The van der Waals surface area contributed by atoms with Gasteiger partial charge in [-0.3, -0.25) is 0 Å². The van der Waals surface area contributed by atoms with E-state index in [9.17, 15) is 10.4 Å². The summed E-state index contributed by atoms with van der Waals surface area (Å²) in [7, 11) is 0. The molecule has 0 aromatic heterocycles. The summed E-state index contributed by atoms with van der Waals surface area (Å²) in [4.78, 5) is 0. The molecule has 4 nitrogen and oxygen atoms in total. The Morgan fingerprint density at radius 2 is 1.38 bits per heavy atom. The summed E-state index contributed by atoms with van der Waals surface area (Å²) >= 11 is 0. The van der Waals surface area contributed by atoms with Crippen molar-refractivity contribution in [2.45, 2.75) is 57.3 Å². The maximum Gasteiger partial charge on any atom is 0.116 e. The molecule has 2 aliphatic rings. The van der Waals surface area contributed by atoms with Crippen LogP contribution in [0.15, 0.2) is 0 Å². The van der Waals surface area contributed by atoms with Gasteiger partial charge in [-0.15, -0.1) is 0 Å². The lowest BCUT2D eigenvalue weighted by Crippen LogP contribution is -2.47. The van der Waals surface area contributed by atoms with Crippen LogP contribution in [-0.2, 0) is 0 Å². The number of nitrogens with zero attached hydrogens (tertiary/aromatic N) is 2. The van der Waals surface area contributed by atoms with Gasteiger partial charge in [0.05, 0.1) is 12.1 Å². The van der Waals surface area contributed by atoms with E-state index in [0.29, 0.717) is 0 Å². The first-order valence-electron chi connectivity index (χ1n) is 5.01. The maximum absolute atomic E-state index is 9.85. The minimum Gasteiger partial charge on any atom is -0.312 e. The highest BCUT2D eigenvalue weighted by Gasteiger charge is 2.52. The Bertz CT molecular complexity index is 188. The van der Waals surface area contributed by atoms with Gasteiger partial charge >= 0.3 is 0 Å². The second-order valence-electron chi connectivity index (χ2n) is 4.60. The van der Waals surface area contributed by atoms with E-state index in [2.05, 4.69) is 0 Å². The third-order valence-corrected chi connectivity index (χ3v) is 3.44. The third-order valence-electron chi connectivity index (χ3n) is 3.44. The molecule has 1 heterocycles. The molecule has 1 saturated heterocycles. The van der Waals surface area contributed by atoms with Crippen LogP contribution in [0.25, 0.3) is 0 Å². The number of rotatable bonds is 0. The van der Waals surface area contributed by atoms with Crippen molar-refractivity contribution in [3.05, 3.63) is 0 Å². The van der Waals surface area contributed by atoms with Crippen molar-refractivity contribution in [2.75, 3.05) is 0 Å². The van der Waals surface area contributed by atoms with Crippen molar-refractivity contribution in [1.29, 1.82) is 0 Å². The van der Waals surface area contributed by atoms with Crippen LogP contribution >= 0.6 is 0 Å². The van der Waals surface area contributed by atoms with Crippen LogP contribution in [0, 0.1) is 0 Å². The van der Waals surface area contributed by atoms with Crippen LogP contribution in [0.3, 0.4) is 0 Å². The van der Waals surface area contributed by atoms with E-state index in [-0.39, 0.29) is 12.1 Å². The Labute approximate surface area is 78.7 Å². The molecule has 1 saturated carbocycles. The lowest BCUT2D eigenvalue weighted by molar-refractivity contribution is -0.253. The molecular weight excluding hydrogens is 168 g/mol. The molecule has 0 aromatic carbocycles. The Kier molecular flexibility index (Phi) is 2.11. The number of hydrogen-bond donors (Lipinski definition) is 2. The van der Waals surface area contributed by atoms with Crippen LogP contribution in [0.2, 0.25) is 0 Å². The van der Waals surface area contributed by atoms with Crippen LogP contribution < -0.4 is 0 Å². The van der Waals surface area contributed by atoms with E-state index < -0.39 is 5.66 Å². The molecule has 2 fully saturated rings. The summed E-state index contributed by atoms with van der Waals surface area (Å²) in [5, 5.41) is 22.3. The molecule has 0 unspecified atom stereocenters. The summed E-state index contributed by atoms with van der Waals surface area (Å²) in [6.07, 6.45) is 4.29. The SMILES string of the molecule is CC1(C)N(O)[C@@H]2CCCC[C@H]2N1O. The van der Waals surface area contributed by atoms with Gasteiger partial charge in [-0.2, -0.15) is 10.1 Å². The first-order chi connectivity index (χ1) is 6.05. The smallest absolute Gasteiger partial charge is 0.116 e. The minimum atomic E-state index is -0.625. The Morgan fingerprint density at radius 1 is 1.00 bits per heavy atom. The highest BCUT2D eigenvalue weighted by molar-refractivity contribution is 4.97. The molecule has 1 aliphatic heterocycles. The normalized spacial score (nSPS) is 40.6. The standard InChI is InChI=1S/C9H18N2O2/c1-9(2)10(12)7-5-3-4-6-8(7)11(9)13/h7-8,12-13H,3-6H2,1-2H3/t7-,8-/m1/s1. The molecule has 4 heteroatoms. The number of hydrogen-bond acceptors (Lipinski definition) is 4. The summed E-state index contributed by atoms with van der Waals surface area (Å²) in [5.74, 6) is 0.